The van der Waals surface area contributed by atoms with Crippen LogP contribution in [-0.4, -0.2) is 26.2 Å². The summed E-state index contributed by atoms with van der Waals surface area (Å²) in [4.78, 5) is 11.0. The second-order valence-electron chi connectivity index (χ2n) is 3.41. The van der Waals surface area contributed by atoms with Crippen LogP contribution in [0.15, 0.2) is 34.5 Å². The van der Waals surface area contributed by atoms with Gasteiger partial charge in [-0.3, -0.25) is 0 Å². The second-order valence-corrected chi connectivity index (χ2v) is 3.41. The van der Waals surface area contributed by atoms with E-state index in [1.807, 2.05) is 18.2 Å². The van der Waals surface area contributed by atoms with E-state index in [0.29, 0.717) is 12.1 Å². The van der Waals surface area contributed by atoms with E-state index in [1.165, 1.54) is 7.11 Å². The highest BCUT2D eigenvalue weighted by atomic mass is 16.5. The summed E-state index contributed by atoms with van der Waals surface area (Å²) >= 11 is 0. The first-order chi connectivity index (χ1) is 7.74. The standard InChI is InChI=1S/C12H17NO3/c1-10(12(14)15-2)5-7-13-8-6-11-4-3-9-16-11/h3-5,9,13H,6-8H2,1-2H3/b10-5+. The van der Waals surface area contributed by atoms with E-state index in [0.717, 1.165) is 18.7 Å². The average molecular weight is 223 g/mol. The van der Waals surface area contributed by atoms with Crippen molar-refractivity contribution >= 4 is 5.97 Å². The zero-order valence-corrected chi connectivity index (χ0v) is 9.66. The maximum Gasteiger partial charge on any atom is 0.333 e. The normalized spacial score (nSPS) is 11.5. The number of rotatable bonds is 6. The highest BCUT2D eigenvalue weighted by molar-refractivity contribution is 5.87. The Labute approximate surface area is 95.3 Å². The van der Waals surface area contributed by atoms with Crippen LogP contribution in [0.2, 0.25) is 0 Å². The molecule has 4 nitrogen and oxygen atoms in total. The summed E-state index contributed by atoms with van der Waals surface area (Å²) in [7, 11) is 1.38. The van der Waals surface area contributed by atoms with E-state index in [-0.39, 0.29) is 5.97 Å². The van der Waals surface area contributed by atoms with Crippen molar-refractivity contribution in [3.05, 3.63) is 35.8 Å². The number of carbonyl (C=O) groups is 1. The van der Waals surface area contributed by atoms with Gasteiger partial charge >= 0.3 is 5.97 Å². The molecule has 1 rings (SSSR count). The van der Waals surface area contributed by atoms with Gasteiger partial charge in [-0.15, -0.1) is 0 Å². The molecular weight excluding hydrogens is 206 g/mol. The predicted octanol–water partition coefficient (Wildman–Crippen LogP) is 1.53. The van der Waals surface area contributed by atoms with E-state index in [4.69, 9.17) is 4.42 Å². The van der Waals surface area contributed by atoms with Gasteiger partial charge in [0.2, 0.25) is 0 Å². The van der Waals surface area contributed by atoms with Crippen molar-refractivity contribution in [1.82, 2.24) is 5.32 Å². The zero-order valence-electron chi connectivity index (χ0n) is 9.66. The molecule has 0 radical (unpaired) electrons. The molecular formula is C12H17NO3. The molecule has 0 aliphatic heterocycles. The summed E-state index contributed by atoms with van der Waals surface area (Å²) in [6.07, 6.45) is 4.32. The number of esters is 1. The number of nitrogens with one attached hydrogen (secondary N) is 1. The lowest BCUT2D eigenvalue weighted by atomic mass is 10.3. The number of hydrogen-bond acceptors (Lipinski definition) is 4. The Bertz CT molecular complexity index is 341. The summed E-state index contributed by atoms with van der Waals surface area (Å²) in [5.74, 6) is 0.675. The second kappa shape index (κ2) is 6.85. The molecule has 1 N–H and O–H groups in total. The summed E-state index contributed by atoms with van der Waals surface area (Å²) < 4.78 is 9.77. The third-order valence-corrected chi connectivity index (χ3v) is 2.19. The van der Waals surface area contributed by atoms with Crippen LogP contribution < -0.4 is 5.32 Å². The van der Waals surface area contributed by atoms with Gasteiger partial charge in [0.05, 0.1) is 13.4 Å². The van der Waals surface area contributed by atoms with E-state index < -0.39 is 0 Å². The smallest absolute Gasteiger partial charge is 0.333 e. The lowest BCUT2D eigenvalue weighted by molar-refractivity contribution is -0.136. The lowest BCUT2D eigenvalue weighted by Gasteiger charge is -2.01. The van der Waals surface area contributed by atoms with Crippen molar-refractivity contribution in [2.75, 3.05) is 20.2 Å². The van der Waals surface area contributed by atoms with Crippen LogP contribution >= 0.6 is 0 Å². The SMILES string of the molecule is COC(=O)/C(C)=C/CNCCc1ccco1. The van der Waals surface area contributed by atoms with Gasteiger partial charge in [0.25, 0.3) is 0 Å². The maximum atomic E-state index is 11.0. The van der Waals surface area contributed by atoms with Gasteiger partial charge in [0.15, 0.2) is 0 Å². The molecule has 0 aliphatic rings. The van der Waals surface area contributed by atoms with Crippen LogP contribution in [-0.2, 0) is 16.0 Å². The summed E-state index contributed by atoms with van der Waals surface area (Å²) in [5.41, 5.74) is 0.619. The molecule has 0 aromatic carbocycles. The molecule has 0 bridgehead atoms. The minimum atomic E-state index is -0.284. The predicted molar refractivity (Wildman–Crippen MR) is 61.1 cm³/mol. The van der Waals surface area contributed by atoms with Crippen molar-refractivity contribution in [2.24, 2.45) is 0 Å². The molecule has 0 saturated carbocycles. The highest BCUT2D eigenvalue weighted by Gasteiger charge is 2.01. The molecule has 0 amide bonds. The van der Waals surface area contributed by atoms with Crippen LogP contribution in [0, 0.1) is 0 Å². The summed E-state index contributed by atoms with van der Waals surface area (Å²) in [5, 5.41) is 3.19. The lowest BCUT2D eigenvalue weighted by Crippen LogP contribution is -2.17. The molecule has 0 aliphatic carbocycles. The van der Waals surface area contributed by atoms with E-state index in [2.05, 4.69) is 10.1 Å². The Morgan fingerprint density at radius 3 is 3.06 bits per heavy atom. The van der Waals surface area contributed by atoms with Crippen LogP contribution in [0.4, 0.5) is 0 Å². The first kappa shape index (κ1) is 12.5. The summed E-state index contributed by atoms with van der Waals surface area (Å²) in [6.45, 7) is 3.21. The minimum Gasteiger partial charge on any atom is -0.469 e. The van der Waals surface area contributed by atoms with Gasteiger partial charge in [-0.25, -0.2) is 4.79 Å². The number of methoxy groups -OCH3 is 1. The summed E-state index contributed by atoms with van der Waals surface area (Å²) in [6, 6.07) is 3.81. The fraction of sp³-hybridized carbons (Fsp3) is 0.417. The number of hydrogen-bond donors (Lipinski definition) is 1. The minimum absolute atomic E-state index is 0.284. The molecule has 1 heterocycles. The van der Waals surface area contributed by atoms with Crippen LogP contribution in [0.5, 0.6) is 0 Å². The molecule has 0 saturated heterocycles. The zero-order chi connectivity index (χ0) is 11.8. The molecule has 1 aromatic rings. The van der Waals surface area contributed by atoms with Crippen LogP contribution in [0.3, 0.4) is 0 Å². The highest BCUT2D eigenvalue weighted by Crippen LogP contribution is 1.99. The number of ether oxygens (including phenoxy) is 1. The molecule has 1 aromatic heterocycles. The fourth-order valence-corrected chi connectivity index (χ4v) is 1.24. The quantitative estimate of drug-likeness (QED) is 0.451. The first-order valence-electron chi connectivity index (χ1n) is 5.22. The van der Waals surface area contributed by atoms with Gasteiger partial charge in [0.1, 0.15) is 5.76 Å². The van der Waals surface area contributed by atoms with Gasteiger partial charge < -0.3 is 14.5 Å². The Kier molecular flexibility index (Phi) is 5.36. The third-order valence-electron chi connectivity index (χ3n) is 2.19. The Hall–Kier alpha value is -1.55. The van der Waals surface area contributed by atoms with Gasteiger partial charge in [-0.05, 0) is 19.1 Å². The van der Waals surface area contributed by atoms with Gasteiger partial charge in [0, 0.05) is 25.1 Å². The Morgan fingerprint density at radius 1 is 1.62 bits per heavy atom. The van der Waals surface area contributed by atoms with Crippen LogP contribution in [0.25, 0.3) is 0 Å². The number of carbonyl (C=O) groups excluding carboxylic acids is 1. The van der Waals surface area contributed by atoms with Crippen molar-refractivity contribution < 1.29 is 13.9 Å². The van der Waals surface area contributed by atoms with Crippen molar-refractivity contribution in [1.29, 1.82) is 0 Å². The fourth-order valence-electron chi connectivity index (χ4n) is 1.24. The molecule has 0 fully saturated rings. The van der Waals surface area contributed by atoms with E-state index in [9.17, 15) is 4.79 Å². The maximum absolute atomic E-state index is 11.0. The largest absolute Gasteiger partial charge is 0.469 e. The molecule has 4 heteroatoms. The Morgan fingerprint density at radius 2 is 2.44 bits per heavy atom. The van der Waals surface area contributed by atoms with E-state index >= 15 is 0 Å². The van der Waals surface area contributed by atoms with Gasteiger partial charge in [-0.2, -0.15) is 0 Å². The first-order valence-corrected chi connectivity index (χ1v) is 5.22. The molecule has 0 unspecified atom stereocenters. The van der Waals surface area contributed by atoms with Crippen LogP contribution in [0.1, 0.15) is 12.7 Å². The molecule has 88 valence electrons. The van der Waals surface area contributed by atoms with Crippen molar-refractivity contribution in [3.63, 3.8) is 0 Å². The topological polar surface area (TPSA) is 51.5 Å². The monoisotopic (exact) mass is 223 g/mol. The van der Waals surface area contributed by atoms with Crippen molar-refractivity contribution in [2.45, 2.75) is 13.3 Å². The Balaban J connectivity index is 2.14. The third kappa shape index (κ3) is 4.31. The van der Waals surface area contributed by atoms with E-state index in [1.54, 1.807) is 13.2 Å². The van der Waals surface area contributed by atoms with Gasteiger partial charge in [-0.1, -0.05) is 6.08 Å². The molecule has 16 heavy (non-hydrogen) atoms. The average Bonchev–Trinajstić information content (AvgIpc) is 2.80. The number of furan rings is 1. The van der Waals surface area contributed by atoms with Crippen molar-refractivity contribution in [3.8, 4) is 0 Å². The molecule has 0 spiro atoms. The molecule has 0 atom stereocenters.